The minimum Gasteiger partial charge on any atom is -0.368 e. The first-order valence-corrected chi connectivity index (χ1v) is 15.1. The molecule has 1 fully saturated rings. The fourth-order valence-electron chi connectivity index (χ4n) is 6.28. The summed E-state index contributed by atoms with van der Waals surface area (Å²) in [5, 5.41) is 17.1. The van der Waals surface area contributed by atoms with Crippen molar-refractivity contribution in [3.63, 3.8) is 0 Å². The molecule has 1 aliphatic carbocycles. The van der Waals surface area contributed by atoms with E-state index in [9.17, 15) is 14.4 Å². The van der Waals surface area contributed by atoms with Crippen molar-refractivity contribution in [2.24, 2.45) is 23.3 Å². The Balaban J connectivity index is 0.00000400. The van der Waals surface area contributed by atoms with E-state index in [1.54, 1.807) is 29.2 Å². The van der Waals surface area contributed by atoms with Crippen LogP contribution < -0.4 is 21.7 Å². The summed E-state index contributed by atoms with van der Waals surface area (Å²) in [6.45, 7) is 0.613. The van der Waals surface area contributed by atoms with E-state index in [1.807, 2.05) is 30.3 Å². The summed E-state index contributed by atoms with van der Waals surface area (Å²) < 4.78 is 0. The second-order valence-corrected chi connectivity index (χ2v) is 11.7. The minimum absolute atomic E-state index is 0. The molecule has 2 heterocycles. The number of nitrogens with one attached hydrogen (secondary N) is 2. The molecule has 11 nitrogen and oxygen atoms in total. The summed E-state index contributed by atoms with van der Waals surface area (Å²) in [5.41, 5.74) is 18.0. The number of hydrogen-bond acceptors (Lipinski definition) is 7. The zero-order valence-electron chi connectivity index (χ0n) is 24.8. The molecule has 1 aliphatic heterocycles. The number of nitrogens with zero attached hydrogens (tertiary/aromatic N) is 4. The number of primary amides is 1. The molecule has 6 N–H and O–H groups in total. The summed E-state index contributed by atoms with van der Waals surface area (Å²) in [4.78, 5) is 40.7. The smallest absolute Gasteiger partial charge is 0.240 e. The van der Waals surface area contributed by atoms with Crippen molar-refractivity contribution in [3.8, 4) is 22.5 Å². The quantitative estimate of drug-likeness (QED) is 0.216. The van der Waals surface area contributed by atoms with Crippen LogP contribution in [-0.2, 0) is 27.2 Å². The molecule has 234 valence electrons. The number of rotatable bonds is 9. The fraction of sp³-hybridized carbons (Fsp3) is 0.333. The van der Waals surface area contributed by atoms with Gasteiger partial charge in [0.1, 0.15) is 6.04 Å². The molecule has 2 aliphatic rings. The lowest BCUT2D eigenvalue weighted by atomic mass is 9.81. The number of amides is 3. The highest BCUT2D eigenvalue weighted by atomic mass is 35.5. The van der Waals surface area contributed by atoms with Gasteiger partial charge in [-0.1, -0.05) is 36.4 Å². The van der Waals surface area contributed by atoms with Crippen LogP contribution in [0.5, 0.6) is 0 Å². The number of hydrogen-bond donors (Lipinski definition) is 4. The van der Waals surface area contributed by atoms with Gasteiger partial charge in [-0.25, -0.2) is 0 Å². The molecule has 4 aromatic rings. The monoisotopic (exact) mass is 628 g/mol. The Kier molecular flexibility index (Phi) is 9.90. The molecule has 45 heavy (non-hydrogen) atoms. The van der Waals surface area contributed by atoms with Gasteiger partial charge in [0.15, 0.2) is 0 Å². The van der Waals surface area contributed by atoms with Gasteiger partial charge in [0.25, 0.3) is 0 Å². The largest absolute Gasteiger partial charge is 0.368 e. The number of aromatic amines is 1. The van der Waals surface area contributed by atoms with E-state index in [4.69, 9.17) is 11.5 Å². The molecule has 0 spiro atoms. The zero-order valence-corrected chi connectivity index (χ0v) is 25.6. The summed E-state index contributed by atoms with van der Waals surface area (Å²) >= 11 is 0. The number of tetrazole rings is 1. The Bertz CT molecular complexity index is 1640. The Morgan fingerprint density at radius 2 is 1.60 bits per heavy atom. The van der Waals surface area contributed by atoms with E-state index in [2.05, 4.69) is 38.1 Å². The summed E-state index contributed by atoms with van der Waals surface area (Å²) in [7, 11) is 0. The van der Waals surface area contributed by atoms with Crippen LogP contribution in [0, 0.1) is 11.8 Å². The van der Waals surface area contributed by atoms with E-state index < -0.39 is 11.9 Å². The van der Waals surface area contributed by atoms with Crippen LogP contribution in [0.2, 0.25) is 0 Å². The minimum atomic E-state index is -0.893. The fourth-order valence-corrected chi connectivity index (χ4v) is 6.28. The first kappa shape index (κ1) is 31.8. The number of benzene rings is 3. The second kappa shape index (κ2) is 14.0. The van der Waals surface area contributed by atoms with Crippen molar-refractivity contribution in [2.45, 2.75) is 51.0 Å². The Morgan fingerprint density at radius 1 is 0.911 bits per heavy atom. The molecule has 0 unspecified atom stereocenters. The van der Waals surface area contributed by atoms with Gasteiger partial charge < -0.3 is 16.8 Å². The molecule has 1 saturated carbocycles. The number of aromatic nitrogens is 4. The number of nitrogens with two attached hydrogens (primary N) is 2. The highest BCUT2D eigenvalue weighted by molar-refractivity contribution is 6.02. The van der Waals surface area contributed by atoms with Crippen LogP contribution in [0.15, 0.2) is 66.7 Å². The predicted octanol–water partition coefficient (Wildman–Crippen LogP) is 4.03. The molecule has 1 aromatic heterocycles. The number of aryl methyl sites for hydroxylation is 1. The first-order chi connectivity index (χ1) is 21.4. The molecule has 1 atom stereocenters. The van der Waals surface area contributed by atoms with Gasteiger partial charge in [-0.3, -0.25) is 19.3 Å². The molecule has 0 bridgehead atoms. The zero-order chi connectivity index (χ0) is 30.6. The van der Waals surface area contributed by atoms with Crippen LogP contribution in [0.4, 0.5) is 11.4 Å². The number of carbonyl (C=O) groups is 3. The van der Waals surface area contributed by atoms with Gasteiger partial charge in [-0.05, 0) is 102 Å². The van der Waals surface area contributed by atoms with E-state index in [0.717, 1.165) is 65.6 Å². The van der Waals surface area contributed by atoms with Crippen LogP contribution >= 0.6 is 12.4 Å². The van der Waals surface area contributed by atoms with Crippen molar-refractivity contribution in [1.82, 2.24) is 20.6 Å². The van der Waals surface area contributed by atoms with Crippen LogP contribution in [0.1, 0.15) is 43.2 Å². The van der Waals surface area contributed by atoms with Crippen LogP contribution in [-0.4, -0.2) is 50.9 Å². The molecule has 0 radical (unpaired) electrons. The van der Waals surface area contributed by atoms with E-state index in [0.29, 0.717) is 30.4 Å². The van der Waals surface area contributed by atoms with Crippen molar-refractivity contribution >= 4 is 41.5 Å². The lowest BCUT2D eigenvalue weighted by Gasteiger charge is -2.35. The predicted molar refractivity (Wildman–Crippen MR) is 174 cm³/mol. The molecular formula is C33H37ClN8O3. The van der Waals surface area contributed by atoms with Gasteiger partial charge in [0.2, 0.25) is 23.5 Å². The first-order valence-electron chi connectivity index (χ1n) is 15.1. The number of fused-ring (bicyclic) bond motifs is 1. The Labute approximate surface area is 267 Å². The van der Waals surface area contributed by atoms with Crippen molar-refractivity contribution in [2.75, 3.05) is 16.8 Å². The summed E-state index contributed by atoms with van der Waals surface area (Å²) in [6, 6.07) is 20.3. The third kappa shape index (κ3) is 7.05. The molecule has 3 amide bonds. The van der Waals surface area contributed by atoms with Crippen molar-refractivity contribution < 1.29 is 14.4 Å². The SMILES string of the molecule is Cl.NC[C@H]1CC[C@H](C(=O)N(c2ccc(-c3nn[nH]n3)cc2)[C@@H](Cc2ccc(-c3ccc4c(c3)NC(=O)CC4)cc2)C(N)=O)CC1. The summed E-state index contributed by atoms with van der Waals surface area (Å²) in [5.74, 6) is -0.0297. The third-order valence-corrected chi connectivity index (χ3v) is 8.88. The number of carbonyl (C=O) groups excluding carboxylic acids is 3. The second-order valence-electron chi connectivity index (χ2n) is 11.7. The average Bonchev–Trinajstić information content (AvgIpc) is 3.60. The van der Waals surface area contributed by atoms with Gasteiger partial charge in [-0.2, -0.15) is 5.21 Å². The maximum absolute atomic E-state index is 14.1. The van der Waals surface area contributed by atoms with E-state index >= 15 is 0 Å². The van der Waals surface area contributed by atoms with Crippen LogP contribution in [0.3, 0.4) is 0 Å². The lowest BCUT2D eigenvalue weighted by Crippen LogP contribution is -2.52. The molecule has 12 heteroatoms. The highest BCUT2D eigenvalue weighted by Crippen LogP contribution is 2.34. The van der Waals surface area contributed by atoms with E-state index in [-0.39, 0.29) is 36.6 Å². The average molecular weight is 629 g/mol. The van der Waals surface area contributed by atoms with Gasteiger partial charge in [0, 0.05) is 35.7 Å². The van der Waals surface area contributed by atoms with Crippen molar-refractivity contribution in [3.05, 3.63) is 77.9 Å². The normalized spacial score (nSPS) is 18.2. The third-order valence-electron chi connectivity index (χ3n) is 8.88. The molecule has 0 saturated heterocycles. The lowest BCUT2D eigenvalue weighted by molar-refractivity contribution is -0.127. The Morgan fingerprint density at radius 3 is 2.24 bits per heavy atom. The Hall–Kier alpha value is -4.61. The maximum atomic E-state index is 14.1. The molecule has 3 aromatic carbocycles. The van der Waals surface area contributed by atoms with E-state index in [1.165, 1.54) is 0 Å². The summed E-state index contributed by atoms with van der Waals surface area (Å²) in [6.07, 6.45) is 4.70. The molecular weight excluding hydrogens is 592 g/mol. The maximum Gasteiger partial charge on any atom is 0.240 e. The van der Waals surface area contributed by atoms with Crippen LogP contribution in [0.25, 0.3) is 22.5 Å². The topological polar surface area (TPSA) is 173 Å². The number of anilines is 2. The number of H-pyrrole nitrogens is 1. The molecule has 6 rings (SSSR count). The highest BCUT2D eigenvalue weighted by Gasteiger charge is 2.36. The van der Waals surface area contributed by atoms with Crippen molar-refractivity contribution in [1.29, 1.82) is 0 Å². The van der Waals surface area contributed by atoms with Gasteiger partial charge >= 0.3 is 0 Å². The number of halogens is 1. The van der Waals surface area contributed by atoms with Gasteiger partial charge in [0.05, 0.1) is 0 Å². The standard InChI is InChI=1S/C33H36N8O3.ClH/c34-19-21-3-7-25(8-4-21)33(44)41(27-14-11-24(12-15-27)32-37-39-40-38-32)29(31(35)43)17-20-1-5-22(6-2-20)26-10-9-23-13-16-30(42)36-28(23)18-26;/h1-2,5-6,9-12,14-15,18,21,25,29H,3-4,7-8,13,16-17,19,34H2,(H2,35,43)(H,36,42)(H,37,38,39,40);1H/t21-,25-,29-;/m0./s1. The van der Waals surface area contributed by atoms with Gasteiger partial charge in [-0.15, -0.1) is 22.6 Å².